The highest BCUT2D eigenvalue weighted by Crippen LogP contribution is 2.45. The number of aliphatic hydroxyl groups is 1. The maximum absolute atomic E-state index is 13.8. The Hall–Kier alpha value is -4.95. The zero-order chi connectivity index (χ0) is 29.7. The average Bonchev–Trinajstić information content (AvgIpc) is 3.68. The number of anilines is 1. The SMILES string of the molecule is Cc1ccc2nc(N3C(=O)C(=O)C(=C(O)c4ccc5c(c4)C[C@H](C)O5)[C@H]3c3cccc(OCc4ccccc4)c3)sc2c1. The van der Waals surface area contributed by atoms with Crippen LogP contribution in [0.25, 0.3) is 16.0 Å². The Morgan fingerprint density at radius 3 is 2.70 bits per heavy atom. The third-order valence-electron chi connectivity index (χ3n) is 7.77. The molecule has 0 spiro atoms. The van der Waals surface area contributed by atoms with E-state index in [9.17, 15) is 14.7 Å². The molecule has 0 aliphatic carbocycles. The van der Waals surface area contributed by atoms with Gasteiger partial charge in [-0.15, -0.1) is 0 Å². The number of carbonyl (C=O) groups excluding carboxylic acids is 2. The lowest BCUT2D eigenvalue weighted by Gasteiger charge is -2.23. The summed E-state index contributed by atoms with van der Waals surface area (Å²) in [6.07, 6.45) is 0.722. The van der Waals surface area contributed by atoms with Crippen molar-refractivity contribution in [3.63, 3.8) is 0 Å². The Labute approximate surface area is 252 Å². The number of hydrogen-bond acceptors (Lipinski definition) is 7. The average molecular weight is 589 g/mol. The highest BCUT2D eigenvalue weighted by molar-refractivity contribution is 7.22. The molecule has 5 aromatic rings. The second-order valence-electron chi connectivity index (χ2n) is 10.9. The van der Waals surface area contributed by atoms with Crippen molar-refractivity contribution in [1.29, 1.82) is 0 Å². The Balaban J connectivity index is 1.35. The minimum atomic E-state index is -0.912. The van der Waals surface area contributed by atoms with Gasteiger partial charge in [-0.3, -0.25) is 14.5 Å². The molecule has 214 valence electrons. The number of rotatable bonds is 6. The first-order chi connectivity index (χ1) is 20.9. The summed E-state index contributed by atoms with van der Waals surface area (Å²) in [6.45, 7) is 4.34. The number of hydrogen-bond donors (Lipinski definition) is 1. The lowest BCUT2D eigenvalue weighted by molar-refractivity contribution is -0.132. The molecule has 4 aromatic carbocycles. The summed E-state index contributed by atoms with van der Waals surface area (Å²) in [6, 6.07) is 27.4. The van der Waals surface area contributed by atoms with Gasteiger partial charge in [0.05, 0.1) is 21.8 Å². The zero-order valence-corrected chi connectivity index (χ0v) is 24.4. The molecule has 8 heteroatoms. The third kappa shape index (κ3) is 4.93. The number of aromatic nitrogens is 1. The topological polar surface area (TPSA) is 89.0 Å². The molecule has 1 N–H and O–H groups in total. The standard InChI is InChI=1S/C35H28N2O5S/c1-20-11-13-27-29(15-20)43-35(36-27)37-31(23-9-6-10-26(18-23)41-19-22-7-4-3-5-8-22)30(33(39)34(37)40)32(38)24-12-14-28-25(17-24)16-21(2)42-28/h3-15,17-18,21,31,38H,16,19H2,1-2H3/t21-,31+/m0/s1. The number of benzene rings is 4. The van der Waals surface area contributed by atoms with Gasteiger partial charge in [-0.2, -0.15) is 0 Å². The number of ketones is 1. The van der Waals surface area contributed by atoms with E-state index >= 15 is 0 Å². The van der Waals surface area contributed by atoms with Crippen LogP contribution in [0.4, 0.5) is 5.13 Å². The summed E-state index contributed by atoms with van der Waals surface area (Å²) in [7, 11) is 0. The first-order valence-corrected chi connectivity index (χ1v) is 14.9. The van der Waals surface area contributed by atoms with Crippen LogP contribution in [0.1, 0.15) is 40.8 Å². The van der Waals surface area contributed by atoms with Crippen molar-refractivity contribution in [2.24, 2.45) is 0 Å². The van der Waals surface area contributed by atoms with E-state index in [-0.39, 0.29) is 17.4 Å². The van der Waals surface area contributed by atoms with E-state index in [1.807, 2.05) is 92.7 Å². The fraction of sp³-hybridized carbons (Fsp3) is 0.171. The molecule has 1 fully saturated rings. The molecule has 0 unspecified atom stereocenters. The van der Waals surface area contributed by atoms with Gasteiger partial charge in [0, 0.05) is 12.0 Å². The number of aliphatic hydroxyl groups excluding tert-OH is 1. The van der Waals surface area contributed by atoms with E-state index in [0.717, 1.165) is 32.7 Å². The number of aryl methyl sites for hydroxylation is 1. The maximum atomic E-state index is 13.8. The highest BCUT2D eigenvalue weighted by Gasteiger charge is 2.48. The van der Waals surface area contributed by atoms with Crippen LogP contribution >= 0.6 is 11.3 Å². The van der Waals surface area contributed by atoms with Crippen molar-refractivity contribution in [3.8, 4) is 11.5 Å². The lowest BCUT2D eigenvalue weighted by atomic mass is 9.94. The van der Waals surface area contributed by atoms with Gasteiger partial charge in [0.1, 0.15) is 30.0 Å². The molecule has 1 aromatic heterocycles. The number of ether oxygens (including phenoxy) is 2. The fourth-order valence-electron chi connectivity index (χ4n) is 5.71. The van der Waals surface area contributed by atoms with Crippen LogP contribution in [0, 0.1) is 6.92 Å². The minimum Gasteiger partial charge on any atom is -0.507 e. The van der Waals surface area contributed by atoms with Crippen LogP contribution in [0.2, 0.25) is 0 Å². The maximum Gasteiger partial charge on any atom is 0.301 e. The fourth-order valence-corrected chi connectivity index (χ4v) is 6.80. The van der Waals surface area contributed by atoms with Gasteiger partial charge in [-0.25, -0.2) is 4.98 Å². The molecule has 2 aliphatic rings. The largest absolute Gasteiger partial charge is 0.507 e. The normalized spacial score (nSPS) is 19.1. The molecule has 2 aliphatic heterocycles. The number of Topliss-reactive ketones (excluding diaryl/α,β-unsaturated/α-hetero) is 1. The number of thiazole rings is 1. The number of amides is 1. The van der Waals surface area contributed by atoms with Crippen molar-refractivity contribution in [2.45, 2.75) is 39.0 Å². The summed E-state index contributed by atoms with van der Waals surface area (Å²) in [5.41, 5.74) is 4.85. The monoisotopic (exact) mass is 588 g/mol. The molecular formula is C35H28N2O5S. The van der Waals surface area contributed by atoms with Crippen molar-refractivity contribution in [2.75, 3.05) is 4.90 Å². The first-order valence-electron chi connectivity index (χ1n) is 14.1. The van der Waals surface area contributed by atoms with Crippen LogP contribution < -0.4 is 14.4 Å². The van der Waals surface area contributed by atoms with Gasteiger partial charge < -0.3 is 14.6 Å². The summed E-state index contributed by atoms with van der Waals surface area (Å²) >= 11 is 1.34. The van der Waals surface area contributed by atoms with Gasteiger partial charge in [-0.1, -0.05) is 59.9 Å². The van der Waals surface area contributed by atoms with Crippen molar-refractivity contribution >= 4 is 44.1 Å². The second kappa shape index (κ2) is 10.7. The number of carbonyl (C=O) groups is 2. The molecule has 0 saturated carbocycles. The predicted octanol–water partition coefficient (Wildman–Crippen LogP) is 7.13. The number of fused-ring (bicyclic) bond motifs is 2. The predicted molar refractivity (Wildman–Crippen MR) is 167 cm³/mol. The molecule has 0 bridgehead atoms. The Morgan fingerprint density at radius 2 is 1.86 bits per heavy atom. The third-order valence-corrected chi connectivity index (χ3v) is 8.79. The van der Waals surface area contributed by atoms with Crippen molar-refractivity contribution in [1.82, 2.24) is 4.98 Å². The summed E-state index contributed by atoms with van der Waals surface area (Å²) in [4.78, 5) is 33.6. The molecule has 1 saturated heterocycles. The summed E-state index contributed by atoms with van der Waals surface area (Å²) in [5, 5.41) is 12.1. The molecular weight excluding hydrogens is 560 g/mol. The highest BCUT2D eigenvalue weighted by atomic mass is 32.1. The van der Waals surface area contributed by atoms with E-state index < -0.39 is 17.7 Å². The molecule has 43 heavy (non-hydrogen) atoms. The van der Waals surface area contributed by atoms with Gasteiger partial charge in [-0.05, 0) is 78.6 Å². The van der Waals surface area contributed by atoms with E-state index in [1.54, 1.807) is 12.1 Å². The Kier molecular flexibility index (Phi) is 6.70. The van der Waals surface area contributed by atoms with Crippen molar-refractivity contribution < 1.29 is 24.2 Å². The van der Waals surface area contributed by atoms with Gasteiger partial charge in [0.25, 0.3) is 5.78 Å². The molecule has 7 rings (SSSR count). The van der Waals surface area contributed by atoms with Crippen LogP contribution in [0.15, 0.2) is 96.6 Å². The van der Waals surface area contributed by atoms with E-state index in [2.05, 4.69) is 0 Å². The van der Waals surface area contributed by atoms with E-state index in [1.165, 1.54) is 16.2 Å². The molecule has 0 radical (unpaired) electrons. The van der Waals surface area contributed by atoms with E-state index in [4.69, 9.17) is 14.5 Å². The lowest BCUT2D eigenvalue weighted by Crippen LogP contribution is -2.29. The zero-order valence-electron chi connectivity index (χ0n) is 23.6. The van der Waals surface area contributed by atoms with Crippen LogP contribution in [-0.4, -0.2) is 27.9 Å². The molecule has 1 amide bonds. The van der Waals surface area contributed by atoms with Crippen molar-refractivity contribution in [3.05, 3.63) is 124 Å². The molecule has 2 atom stereocenters. The summed E-state index contributed by atoms with van der Waals surface area (Å²) in [5.74, 6) is -0.403. The van der Waals surface area contributed by atoms with Gasteiger partial charge in [0.15, 0.2) is 5.13 Å². The number of nitrogens with zero attached hydrogens (tertiary/aromatic N) is 2. The smallest absolute Gasteiger partial charge is 0.301 e. The van der Waals surface area contributed by atoms with Crippen LogP contribution in [-0.2, 0) is 22.6 Å². The van der Waals surface area contributed by atoms with Gasteiger partial charge in [0.2, 0.25) is 0 Å². The Bertz CT molecular complexity index is 1930. The van der Waals surface area contributed by atoms with Crippen LogP contribution in [0.5, 0.6) is 11.5 Å². The first kappa shape index (κ1) is 26.9. The van der Waals surface area contributed by atoms with Crippen LogP contribution in [0.3, 0.4) is 0 Å². The summed E-state index contributed by atoms with van der Waals surface area (Å²) < 4.78 is 12.8. The second-order valence-corrected chi connectivity index (χ2v) is 11.9. The molecule has 3 heterocycles. The van der Waals surface area contributed by atoms with E-state index in [0.29, 0.717) is 35.0 Å². The molecule has 7 nitrogen and oxygen atoms in total. The quantitative estimate of drug-likeness (QED) is 0.129. The Morgan fingerprint density at radius 1 is 1.02 bits per heavy atom. The van der Waals surface area contributed by atoms with Gasteiger partial charge >= 0.3 is 5.91 Å². The minimum absolute atomic E-state index is 0.00700.